The van der Waals surface area contributed by atoms with Crippen molar-refractivity contribution in [3.05, 3.63) is 29.6 Å². The van der Waals surface area contributed by atoms with E-state index in [0.29, 0.717) is 0 Å². The van der Waals surface area contributed by atoms with Gasteiger partial charge in [-0.25, -0.2) is 9.18 Å². The SMILES string of the molecule is CC(Oc1ccc([C@@H](C)O)c(F)c1)C(=O)O. The summed E-state index contributed by atoms with van der Waals surface area (Å²) in [6.45, 7) is 2.79. The molecule has 16 heavy (non-hydrogen) atoms. The van der Waals surface area contributed by atoms with Gasteiger partial charge in [-0.05, 0) is 26.0 Å². The minimum absolute atomic E-state index is 0.122. The lowest BCUT2D eigenvalue weighted by atomic mass is 10.1. The Kier molecular flexibility index (Phi) is 3.84. The molecule has 0 aromatic heterocycles. The van der Waals surface area contributed by atoms with E-state index in [-0.39, 0.29) is 11.3 Å². The smallest absolute Gasteiger partial charge is 0.344 e. The lowest BCUT2D eigenvalue weighted by Crippen LogP contribution is -2.22. The van der Waals surface area contributed by atoms with E-state index >= 15 is 0 Å². The van der Waals surface area contributed by atoms with E-state index in [1.54, 1.807) is 0 Å². The number of carbonyl (C=O) groups is 1. The van der Waals surface area contributed by atoms with Gasteiger partial charge in [-0.2, -0.15) is 0 Å². The summed E-state index contributed by atoms with van der Waals surface area (Å²) in [4.78, 5) is 10.5. The first-order valence-electron chi connectivity index (χ1n) is 4.78. The number of aliphatic carboxylic acids is 1. The molecular weight excluding hydrogens is 215 g/mol. The summed E-state index contributed by atoms with van der Waals surface area (Å²) in [6, 6.07) is 3.84. The Morgan fingerprint density at radius 1 is 1.44 bits per heavy atom. The van der Waals surface area contributed by atoms with E-state index in [2.05, 4.69) is 0 Å². The Bertz CT molecular complexity index is 390. The number of aliphatic hydroxyl groups excluding tert-OH is 1. The van der Waals surface area contributed by atoms with Crippen LogP contribution in [0.5, 0.6) is 5.75 Å². The fraction of sp³-hybridized carbons (Fsp3) is 0.364. The van der Waals surface area contributed by atoms with Gasteiger partial charge in [0.15, 0.2) is 6.10 Å². The highest BCUT2D eigenvalue weighted by molar-refractivity contribution is 5.72. The monoisotopic (exact) mass is 228 g/mol. The Morgan fingerprint density at radius 3 is 2.50 bits per heavy atom. The predicted octanol–water partition coefficient (Wildman–Crippen LogP) is 1.73. The zero-order valence-electron chi connectivity index (χ0n) is 8.98. The predicted molar refractivity (Wildman–Crippen MR) is 54.8 cm³/mol. The van der Waals surface area contributed by atoms with E-state index in [1.807, 2.05) is 0 Å². The summed E-state index contributed by atoms with van der Waals surface area (Å²) >= 11 is 0. The number of hydrogen-bond acceptors (Lipinski definition) is 3. The molecule has 4 nitrogen and oxygen atoms in total. The molecule has 0 aliphatic heterocycles. The van der Waals surface area contributed by atoms with Crippen molar-refractivity contribution in [1.29, 1.82) is 0 Å². The minimum atomic E-state index is -1.12. The molecule has 1 rings (SSSR count). The summed E-state index contributed by atoms with van der Waals surface area (Å²) in [5.41, 5.74) is 0.148. The van der Waals surface area contributed by atoms with Crippen molar-refractivity contribution in [1.82, 2.24) is 0 Å². The molecular formula is C11H13FO4. The van der Waals surface area contributed by atoms with Crippen LogP contribution in [0.3, 0.4) is 0 Å². The molecule has 0 aliphatic carbocycles. The molecule has 0 saturated heterocycles. The second kappa shape index (κ2) is 4.94. The second-order valence-electron chi connectivity index (χ2n) is 3.46. The van der Waals surface area contributed by atoms with Crippen molar-refractivity contribution in [2.24, 2.45) is 0 Å². The second-order valence-corrected chi connectivity index (χ2v) is 3.46. The Hall–Kier alpha value is -1.62. The maximum atomic E-state index is 13.4. The number of hydrogen-bond donors (Lipinski definition) is 2. The Labute approximate surface area is 92.3 Å². The molecule has 2 N–H and O–H groups in total. The van der Waals surface area contributed by atoms with Gasteiger partial charge in [0.2, 0.25) is 0 Å². The molecule has 2 atom stereocenters. The van der Waals surface area contributed by atoms with E-state index < -0.39 is 24.0 Å². The van der Waals surface area contributed by atoms with Gasteiger partial charge in [0.25, 0.3) is 0 Å². The third-order valence-electron chi connectivity index (χ3n) is 2.08. The summed E-state index contributed by atoms with van der Waals surface area (Å²) < 4.78 is 18.3. The van der Waals surface area contributed by atoms with Crippen LogP contribution in [0.15, 0.2) is 18.2 Å². The van der Waals surface area contributed by atoms with E-state index in [1.165, 1.54) is 26.0 Å². The summed E-state index contributed by atoms with van der Waals surface area (Å²) in [6.07, 6.45) is -1.96. The van der Waals surface area contributed by atoms with Gasteiger partial charge in [0, 0.05) is 11.6 Å². The molecule has 0 radical (unpaired) electrons. The molecule has 0 spiro atoms. The van der Waals surface area contributed by atoms with Gasteiger partial charge in [0.1, 0.15) is 11.6 Å². The standard InChI is InChI=1S/C11H13FO4/c1-6(13)9-4-3-8(5-10(9)12)16-7(2)11(14)15/h3-7,13H,1-2H3,(H,14,15)/t6-,7?/m1/s1. The lowest BCUT2D eigenvalue weighted by molar-refractivity contribution is -0.144. The van der Waals surface area contributed by atoms with E-state index in [0.717, 1.165) is 6.07 Å². The zero-order valence-corrected chi connectivity index (χ0v) is 8.98. The molecule has 1 unspecified atom stereocenters. The highest BCUT2D eigenvalue weighted by Gasteiger charge is 2.14. The van der Waals surface area contributed by atoms with Crippen molar-refractivity contribution in [2.45, 2.75) is 26.1 Å². The number of aliphatic hydroxyl groups is 1. The first-order valence-corrected chi connectivity index (χ1v) is 4.78. The van der Waals surface area contributed by atoms with E-state index in [4.69, 9.17) is 9.84 Å². The van der Waals surface area contributed by atoms with Crippen LogP contribution in [0, 0.1) is 5.82 Å². The minimum Gasteiger partial charge on any atom is -0.479 e. The van der Waals surface area contributed by atoms with Crippen LogP contribution in [-0.4, -0.2) is 22.3 Å². The molecule has 0 heterocycles. The molecule has 88 valence electrons. The highest BCUT2D eigenvalue weighted by atomic mass is 19.1. The van der Waals surface area contributed by atoms with Crippen molar-refractivity contribution < 1.29 is 24.1 Å². The maximum absolute atomic E-state index is 13.4. The number of ether oxygens (including phenoxy) is 1. The van der Waals surface area contributed by atoms with Gasteiger partial charge in [-0.1, -0.05) is 0 Å². The van der Waals surface area contributed by atoms with Crippen LogP contribution >= 0.6 is 0 Å². The van der Waals surface area contributed by atoms with E-state index in [9.17, 15) is 14.3 Å². The van der Waals surface area contributed by atoms with Gasteiger partial charge in [0.05, 0.1) is 6.10 Å². The summed E-state index contributed by atoms with van der Waals surface area (Å²) in [5, 5.41) is 17.8. The molecule has 0 amide bonds. The van der Waals surface area contributed by atoms with Crippen LogP contribution in [0.1, 0.15) is 25.5 Å². The Balaban J connectivity index is 2.85. The van der Waals surface area contributed by atoms with Crippen molar-refractivity contribution in [2.75, 3.05) is 0 Å². The average molecular weight is 228 g/mol. The quantitative estimate of drug-likeness (QED) is 0.823. The third-order valence-corrected chi connectivity index (χ3v) is 2.08. The fourth-order valence-corrected chi connectivity index (χ4v) is 1.17. The fourth-order valence-electron chi connectivity index (χ4n) is 1.17. The van der Waals surface area contributed by atoms with Gasteiger partial charge in [-0.3, -0.25) is 0 Å². The largest absolute Gasteiger partial charge is 0.479 e. The number of benzene rings is 1. The highest BCUT2D eigenvalue weighted by Crippen LogP contribution is 2.22. The topological polar surface area (TPSA) is 66.8 Å². The molecule has 0 aliphatic rings. The maximum Gasteiger partial charge on any atom is 0.344 e. The first-order chi connectivity index (χ1) is 7.41. The summed E-state index contributed by atoms with van der Waals surface area (Å²) in [7, 11) is 0. The molecule has 1 aromatic rings. The average Bonchev–Trinajstić information content (AvgIpc) is 2.16. The van der Waals surface area contributed by atoms with Gasteiger partial charge >= 0.3 is 5.97 Å². The van der Waals surface area contributed by atoms with Crippen LogP contribution in [0.2, 0.25) is 0 Å². The molecule has 5 heteroatoms. The van der Waals surface area contributed by atoms with Crippen LogP contribution < -0.4 is 4.74 Å². The van der Waals surface area contributed by atoms with Crippen molar-refractivity contribution in [3.63, 3.8) is 0 Å². The molecule has 0 bridgehead atoms. The number of halogens is 1. The molecule has 0 saturated carbocycles. The van der Waals surface area contributed by atoms with Gasteiger partial charge < -0.3 is 14.9 Å². The van der Waals surface area contributed by atoms with Gasteiger partial charge in [-0.15, -0.1) is 0 Å². The zero-order chi connectivity index (χ0) is 12.3. The number of carboxylic acid groups (broad SMARTS) is 1. The van der Waals surface area contributed by atoms with Crippen molar-refractivity contribution >= 4 is 5.97 Å². The lowest BCUT2D eigenvalue weighted by Gasteiger charge is -2.12. The molecule has 1 aromatic carbocycles. The summed E-state index contributed by atoms with van der Waals surface area (Å²) in [5.74, 6) is -1.62. The Morgan fingerprint density at radius 2 is 2.06 bits per heavy atom. The normalized spacial score (nSPS) is 14.2. The van der Waals surface area contributed by atoms with Crippen LogP contribution in [0.25, 0.3) is 0 Å². The number of rotatable bonds is 4. The number of carboxylic acids is 1. The first kappa shape index (κ1) is 12.4. The van der Waals surface area contributed by atoms with Crippen LogP contribution in [-0.2, 0) is 4.79 Å². The molecule has 0 fully saturated rings. The third kappa shape index (κ3) is 2.93. The van der Waals surface area contributed by atoms with Crippen molar-refractivity contribution in [3.8, 4) is 5.75 Å². The van der Waals surface area contributed by atoms with Crippen LogP contribution in [0.4, 0.5) is 4.39 Å².